The van der Waals surface area contributed by atoms with Crippen molar-refractivity contribution in [1.82, 2.24) is 0 Å². The molecule has 0 aromatic heterocycles. The van der Waals surface area contributed by atoms with Gasteiger partial charge in [0, 0.05) is 0 Å². The zero-order chi connectivity index (χ0) is 26.5. The Kier molecular flexibility index (Phi) is 18.1. The molecule has 0 aliphatic heterocycles. The predicted molar refractivity (Wildman–Crippen MR) is 162 cm³/mol. The third-order valence-corrected chi connectivity index (χ3v) is 5.63. The first-order valence-electron chi connectivity index (χ1n) is 12.6. The highest BCUT2D eigenvalue weighted by atomic mass is 14.1. The minimum absolute atomic E-state index is 0.929. The Morgan fingerprint density at radius 3 is 1.94 bits per heavy atom. The molecule has 0 unspecified atom stereocenters. The monoisotopic (exact) mass is 466 g/mol. The molecule has 0 bridgehead atoms. The molecule has 0 fully saturated rings. The van der Waals surface area contributed by atoms with Gasteiger partial charge in [-0.2, -0.15) is 0 Å². The van der Waals surface area contributed by atoms with E-state index in [0.717, 1.165) is 12.8 Å². The van der Waals surface area contributed by atoms with Gasteiger partial charge in [-0.25, -0.2) is 0 Å². The molecule has 3 aromatic carbocycles. The van der Waals surface area contributed by atoms with E-state index in [1.807, 2.05) is 6.08 Å². The van der Waals surface area contributed by atoms with Crippen molar-refractivity contribution in [3.63, 3.8) is 0 Å². The molecule has 0 N–H and O–H groups in total. The number of unbranched alkanes of at least 4 members (excludes halogenated alkanes) is 2. The van der Waals surface area contributed by atoms with E-state index in [1.165, 1.54) is 64.6 Å². The van der Waals surface area contributed by atoms with Crippen molar-refractivity contribution in [2.45, 2.75) is 59.3 Å². The summed E-state index contributed by atoms with van der Waals surface area (Å²) in [6.07, 6.45) is 9.06. The van der Waals surface area contributed by atoms with Crippen molar-refractivity contribution >= 4 is 11.6 Å². The fraction of sp³-hybridized carbons (Fsp3) is 0.257. The van der Waals surface area contributed by atoms with Gasteiger partial charge in [-0.1, -0.05) is 119 Å². The lowest BCUT2D eigenvalue weighted by molar-refractivity contribution is 0.717. The van der Waals surface area contributed by atoms with Gasteiger partial charge in [0.25, 0.3) is 0 Å². The smallest absolute Gasteiger partial charge is 0.00255 e. The second-order valence-corrected chi connectivity index (χ2v) is 8.17. The van der Waals surface area contributed by atoms with E-state index in [2.05, 4.69) is 133 Å². The standard InChI is InChI=1S/C18H20.C13H18.2C2H4/c1-4-16-9-7-10-17(13-16)12-15(3)18-11-6-5-8-14(18)2;1-3-5-6-7-13-10-8-12(4-2)9-11-13;2*1-2/h5-11,13H,3-4,12H2,1-2H3;4,8-11H,2-3,5-7H2,1H3;2*1-2H2. The van der Waals surface area contributed by atoms with Gasteiger partial charge in [0.15, 0.2) is 0 Å². The lowest BCUT2D eigenvalue weighted by Gasteiger charge is -2.10. The van der Waals surface area contributed by atoms with Crippen LogP contribution in [-0.4, -0.2) is 0 Å². The van der Waals surface area contributed by atoms with E-state index < -0.39 is 0 Å². The van der Waals surface area contributed by atoms with Crippen LogP contribution in [0.15, 0.2) is 112 Å². The van der Waals surface area contributed by atoms with Crippen molar-refractivity contribution in [3.05, 3.63) is 146 Å². The molecular weight excluding hydrogens is 420 g/mol. The largest absolute Gasteiger partial charge is 0.106 e. The van der Waals surface area contributed by atoms with Gasteiger partial charge in [-0.3, -0.25) is 0 Å². The van der Waals surface area contributed by atoms with Crippen molar-refractivity contribution in [3.8, 4) is 0 Å². The Hall–Kier alpha value is -3.38. The second-order valence-electron chi connectivity index (χ2n) is 8.17. The molecule has 186 valence electrons. The van der Waals surface area contributed by atoms with Crippen molar-refractivity contribution < 1.29 is 0 Å². The summed E-state index contributed by atoms with van der Waals surface area (Å²) in [4.78, 5) is 0. The molecule has 0 heteroatoms. The Labute approximate surface area is 216 Å². The average molecular weight is 467 g/mol. The quantitative estimate of drug-likeness (QED) is 0.217. The summed E-state index contributed by atoms with van der Waals surface area (Å²) < 4.78 is 0. The topological polar surface area (TPSA) is 0 Å². The predicted octanol–water partition coefficient (Wildman–Crippen LogP) is 10.5. The van der Waals surface area contributed by atoms with Crippen LogP contribution in [0.5, 0.6) is 0 Å². The molecule has 0 aliphatic rings. The first kappa shape index (κ1) is 31.6. The SMILES string of the molecule is C=C.C=C.C=C(Cc1cccc(CC)c1)c1ccccc1C.C=Cc1ccc(CCCCC)cc1. The Morgan fingerprint density at radius 1 is 0.743 bits per heavy atom. The molecule has 0 heterocycles. The highest BCUT2D eigenvalue weighted by Gasteiger charge is 2.04. The van der Waals surface area contributed by atoms with Crippen LogP contribution >= 0.6 is 0 Å². The van der Waals surface area contributed by atoms with E-state index in [4.69, 9.17) is 0 Å². The Morgan fingerprint density at radius 2 is 1.37 bits per heavy atom. The van der Waals surface area contributed by atoms with Crippen LogP contribution in [0.2, 0.25) is 0 Å². The second kappa shape index (κ2) is 20.0. The van der Waals surface area contributed by atoms with Gasteiger partial charge in [-0.15, -0.1) is 26.3 Å². The maximum Gasteiger partial charge on any atom is -0.00255 e. The fourth-order valence-corrected chi connectivity index (χ4v) is 3.67. The first-order chi connectivity index (χ1) is 17.1. The zero-order valence-corrected chi connectivity index (χ0v) is 22.5. The Bertz CT molecular complexity index is 973. The van der Waals surface area contributed by atoms with Crippen molar-refractivity contribution in [1.29, 1.82) is 0 Å². The summed E-state index contributed by atoms with van der Waals surface area (Å²) >= 11 is 0. The van der Waals surface area contributed by atoms with Crippen LogP contribution in [0.25, 0.3) is 11.6 Å². The summed E-state index contributed by atoms with van der Waals surface area (Å²) in [5.41, 5.74) is 9.17. The van der Waals surface area contributed by atoms with Gasteiger partial charge in [-0.05, 0) is 71.6 Å². The van der Waals surface area contributed by atoms with E-state index in [-0.39, 0.29) is 0 Å². The molecule has 3 rings (SSSR count). The highest BCUT2D eigenvalue weighted by molar-refractivity contribution is 5.68. The lowest BCUT2D eigenvalue weighted by Crippen LogP contribution is -1.93. The third-order valence-electron chi connectivity index (χ3n) is 5.63. The summed E-state index contributed by atoms with van der Waals surface area (Å²) in [6.45, 7) is 26.5. The number of allylic oxidation sites excluding steroid dienone is 1. The molecule has 0 spiro atoms. The average Bonchev–Trinajstić information content (AvgIpc) is 2.92. The van der Waals surface area contributed by atoms with Crippen LogP contribution in [0.4, 0.5) is 0 Å². The van der Waals surface area contributed by atoms with Gasteiger partial charge >= 0.3 is 0 Å². The molecule has 35 heavy (non-hydrogen) atoms. The molecule has 0 saturated carbocycles. The normalized spacial score (nSPS) is 9.23. The first-order valence-corrected chi connectivity index (χ1v) is 12.6. The number of benzene rings is 3. The zero-order valence-electron chi connectivity index (χ0n) is 22.5. The number of rotatable bonds is 9. The van der Waals surface area contributed by atoms with E-state index in [1.54, 1.807) is 0 Å². The minimum Gasteiger partial charge on any atom is -0.106 e. The molecular formula is C35H46. The minimum atomic E-state index is 0.929. The molecule has 0 amide bonds. The van der Waals surface area contributed by atoms with E-state index in [0.29, 0.717) is 0 Å². The summed E-state index contributed by atoms with van der Waals surface area (Å²) in [5.74, 6) is 0. The van der Waals surface area contributed by atoms with Crippen LogP contribution in [-0.2, 0) is 19.3 Å². The van der Waals surface area contributed by atoms with E-state index >= 15 is 0 Å². The van der Waals surface area contributed by atoms with Crippen LogP contribution in [0, 0.1) is 6.92 Å². The third kappa shape index (κ3) is 12.6. The van der Waals surface area contributed by atoms with Gasteiger partial charge in [0.1, 0.15) is 0 Å². The molecule has 0 atom stereocenters. The molecule has 3 aromatic rings. The van der Waals surface area contributed by atoms with Crippen LogP contribution < -0.4 is 0 Å². The fourth-order valence-electron chi connectivity index (χ4n) is 3.67. The molecule has 0 aliphatic carbocycles. The van der Waals surface area contributed by atoms with Gasteiger partial charge < -0.3 is 0 Å². The highest BCUT2D eigenvalue weighted by Crippen LogP contribution is 2.21. The molecule has 0 radical (unpaired) electrons. The van der Waals surface area contributed by atoms with Crippen molar-refractivity contribution in [2.75, 3.05) is 0 Å². The lowest BCUT2D eigenvalue weighted by atomic mass is 9.95. The maximum absolute atomic E-state index is 4.24. The van der Waals surface area contributed by atoms with Gasteiger partial charge in [0.2, 0.25) is 0 Å². The maximum atomic E-state index is 4.24. The van der Waals surface area contributed by atoms with Crippen LogP contribution in [0.1, 0.15) is 66.5 Å². The molecule has 0 nitrogen and oxygen atoms in total. The summed E-state index contributed by atoms with van der Waals surface area (Å²) in [5, 5.41) is 0. The summed E-state index contributed by atoms with van der Waals surface area (Å²) in [6, 6.07) is 25.9. The number of hydrogen-bond acceptors (Lipinski definition) is 0. The number of aryl methyl sites for hydroxylation is 3. The van der Waals surface area contributed by atoms with Gasteiger partial charge in [0.05, 0.1) is 0 Å². The Balaban J connectivity index is 0.000000602. The number of hydrogen-bond donors (Lipinski definition) is 0. The van der Waals surface area contributed by atoms with E-state index in [9.17, 15) is 0 Å². The van der Waals surface area contributed by atoms with Crippen molar-refractivity contribution in [2.24, 2.45) is 0 Å². The summed E-state index contributed by atoms with van der Waals surface area (Å²) in [7, 11) is 0. The van der Waals surface area contributed by atoms with Crippen LogP contribution in [0.3, 0.4) is 0 Å². The molecule has 0 saturated heterocycles.